The molecular weight excluding hydrogens is 332 g/mol. The second-order valence-electron chi connectivity index (χ2n) is 6.57. The van der Waals surface area contributed by atoms with E-state index in [4.69, 9.17) is 0 Å². The quantitative estimate of drug-likeness (QED) is 0.757. The molecule has 2 aromatic heterocycles. The van der Waals surface area contributed by atoms with Gasteiger partial charge in [0.15, 0.2) is 0 Å². The molecule has 1 aliphatic rings. The van der Waals surface area contributed by atoms with Crippen molar-refractivity contribution in [2.45, 2.75) is 32.4 Å². The predicted octanol–water partition coefficient (Wildman–Crippen LogP) is 2.94. The maximum Gasteiger partial charge on any atom is 0.261 e. The number of piperidine rings is 1. The number of carbonyl (C=O) groups is 1. The molecule has 2 N–H and O–H groups in total. The maximum absolute atomic E-state index is 12.6. The number of nitrogens with zero attached hydrogens (tertiary/aromatic N) is 2. The van der Waals surface area contributed by atoms with Gasteiger partial charge in [0.1, 0.15) is 4.83 Å². The fourth-order valence-electron chi connectivity index (χ4n) is 3.32. The van der Waals surface area contributed by atoms with E-state index in [2.05, 4.69) is 27.9 Å². The van der Waals surface area contributed by atoms with Crippen molar-refractivity contribution in [1.82, 2.24) is 20.4 Å². The fraction of sp³-hybridized carbons (Fsp3) is 0.368. The number of hydrogen-bond donors (Lipinski definition) is 2. The van der Waals surface area contributed by atoms with Crippen LogP contribution in [0, 0.1) is 6.92 Å². The summed E-state index contributed by atoms with van der Waals surface area (Å²) in [4.78, 5) is 14.4. The smallest absolute Gasteiger partial charge is 0.261 e. The number of hydrogen-bond acceptors (Lipinski definition) is 4. The number of benzene rings is 1. The van der Waals surface area contributed by atoms with Crippen molar-refractivity contribution in [1.29, 1.82) is 0 Å². The molecule has 3 heterocycles. The molecule has 130 valence electrons. The summed E-state index contributed by atoms with van der Waals surface area (Å²) in [5, 5.41) is 12.2. The van der Waals surface area contributed by atoms with Crippen LogP contribution in [0.2, 0.25) is 0 Å². The zero-order chi connectivity index (χ0) is 17.2. The number of nitrogens with one attached hydrogen (secondary N) is 2. The van der Waals surface area contributed by atoms with Gasteiger partial charge in [-0.2, -0.15) is 5.10 Å². The van der Waals surface area contributed by atoms with Crippen LogP contribution < -0.4 is 10.6 Å². The average Bonchev–Trinajstić information content (AvgIpc) is 3.19. The number of aryl methyl sites for hydroxylation is 1. The summed E-state index contributed by atoms with van der Waals surface area (Å²) in [5.41, 5.74) is 2.18. The van der Waals surface area contributed by atoms with Crippen LogP contribution in [-0.4, -0.2) is 34.8 Å². The van der Waals surface area contributed by atoms with Crippen molar-refractivity contribution in [2.75, 3.05) is 13.1 Å². The average molecular weight is 354 g/mol. The third-order valence-electron chi connectivity index (χ3n) is 4.64. The van der Waals surface area contributed by atoms with Crippen LogP contribution in [0.5, 0.6) is 0 Å². The zero-order valence-electron chi connectivity index (χ0n) is 14.3. The maximum atomic E-state index is 12.6. The lowest BCUT2D eigenvalue weighted by Gasteiger charge is -2.23. The van der Waals surface area contributed by atoms with Gasteiger partial charge in [-0.05, 0) is 37.9 Å². The first kappa shape index (κ1) is 16.3. The summed E-state index contributed by atoms with van der Waals surface area (Å²) < 4.78 is 2.00. The normalized spacial score (nSPS) is 17.7. The molecule has 5 nitrogen and oxygen atoms in total. The Labute approximate surface area is 151 Å². The van der Waals surface area contributed by atoms with E-state index in [0.717, 1.165) is 53.3 Å². The first-order valence-electron chi connectivity index (χ1n) is 8.73. The summed E-state index contributed by atoms with van der Waals surface area (Å²) >= 11 is 1.53. The predicted molar refractivity (Wildman–Crippen MR) is 101 cm³/mol. The van der Waals surface area contributed by atoms with E-state index in [9.17, 15) is 4.79 Å². The zero-order valence-corrected chi connectivity index (χ0v) is 15.1. The molecule has 1 aromatic carbocycles. The highest BCUT2D eigenvalue weighted by Crippen LogP contribution is 2.29. The Balaban J connectivity index is 1.57. The van der Waals surface area contributed by atoms with Gasteiger partial charge in [-0.3, -0.25) is 9.48 Å². The molecule has 0 bridgehead atoms. The van der Waals surface area contributed by atoms with Gasteiger partial charge in [0.25, 0.3) is 5.91 Å². The van der Waals surface area contributed by atoms with Crippen LogP contribution >= 0.6 is 11.3 Å². The van der Waals surface area contributed by atoms with Crippen LogP contribution in [0.4, 0.5) is 0 Å². The minimum atomic E-state index is 0.0283. The summed E-state index contributed by atoms with van der Waals surface area (Å²) in [5.74, 6) is 0.0283. The van der Waals surface area contributed by atoms with E-state index in [0.29, 0.717) is 0 Å². The van der Waals surface area contributed by atoms with E-state index in [1.54, 1.807) is 0 Å². The van der Waals surface area contributed by atoms with Crippen molar-refractivity contribution in [3.8, 4) is 0 Å². The van der Waals surface area contributed by atoms with E-state index in [-0.39, 0.29) is 11.9 Å². The van der Waals surface area contributed by atoms with Crippen molar-refractivity contribution in [2.24, 2.45) is 0 Å². The van der Waals surface area contributed by atoms with E-state index >= 15 is 0 Å². The SMILES string of the molecule is Cc1nn(Cc2ccccc2)c2sc(C(=O)N[C@H]3CCCNC3)cc12. The largest absolute Gasteiger partial charge is 0.347 e. The molecule has 1 saturated heterocycles. The Morgan fingerprint density at radius 2 is 2.24 bits per heavy atom. The van der Waals surface area contributed by atoms with E-state index in [1.807, 2.05) is 35.9 Å². The number of rotatable bonds is 4. The molecule has 3 aromatic rings. The Kier molecular flexibility index (Phi) is 4.55. The Morgan fingerprint density at radius 1 is 1.40 bits per heavy atom. The molecule has 4 rings (SSSR count). The minimum Gasteiger partial charge on any atom is -0.347 e. The number of thiophene rings is 1. The lowest BCUT2D eigenvalue weighted by molar-refractivity contribution is 0.0935. The monoisotopic (exact) mass is 354 g/mol. The van der Waals surface area contributed by atoms with Crippen LogP contribution in [0.1, 0.15) is 33.8 Å². The molecule has 0 saturated carbocycles. The molecule has 0 unspecified atom stereocenters. The number of amides is 1. The Hall–Kier alpha value is -2.18. The summed E-state index contributed by atoms with van der Waals surface area (Å²) in [7, 11) is 0. The third-order valence-corrected chi connectivity index (χ3v) is 5.79. The van der Waals surface area contributed by atoms with Gasteiger partial charge in [-0.25, -0.2) is 0 Å². The molecule has 25 heavy (non-hydrogen) atoms. The highest BCUT2D eigenvalue weighted by molar-refractivity contribution is 7.20. The second-order valence-corrected chi connectivity index (χ2v) is 7.61. The summed E-state index contributed by atoms with van der Waals surface area (Å²) in [6.07, 6.45) is 2.16. The van der Waals surface area contributed by atoms with Gasteiger partial charge < -0.3 is 10.6 Å². The van der Waals surface area contributed by atoms with Crippen LogP contribution in [-0.2, 0) is 6.54 Å². The summed E-state index contributed by atoms with van der Waals surface area (Å²) in [6, 6.07) is 12.5. The van der Waals surface area contributed by atoms with E-state index < -0.39 is 0 Å². The first-order valence-corrected chi connectivity index (χ1v) is 9.55. The molecule has 1 aliphatic heterocycles. The minimum absolute atomic E-state index is 0.0283. The fourth-order valence-corrected chi connectivity index (χ4v) is 4.38. The number of carbonyl (C=O) groups excluding carboxylic acids is 1. The van der Waals surface area contributed by atoms with Crippen molar-refractivity contribution in [3.63, 3.8) is 0 Å². The Bertz CT molecular complexity index is 878. The number of aromatic nitrogens is 2. The highest BCUT2D eigenvalue weighted by Gasteiger charge is 2.20. The standard InChI is InChI=1S/C19H22N4OS/c1-13-16-10-17(18(24)21-15-8-5-9-20-11-15)25-19(16)23(22-13)12-14-6-3-2-4-7-14/h2-4,6-7,10,15,20H,5,8-9,11-12H2,1H3,(H,21,24)/t15-/m0/s1. The Morgan fingerprint density at radius 3 is 3.00 bits per heavy atom. The van der Waals surface area contributed by atoms with Crippen molar-refractivity contribution < 1.29 is 4.79 Å². The lowest BCUT2D eigenvalue weighted by Crippen LogP contribution is -2.45. The van der Waals surface area contributed by atoms with Crippen molar-refractivity contribution >= 4 is 27.5 Å². The molecule has 6 heteroatoms. The molecule has 0 radical (unpaired) electrons. The second kappa shape index (κ2) is 6.98. The van der Waals surface area contributed by atoms with E-state index in [1.165, 1.54) is 16.9 Å². The van der Waals surface area contributed by atoms with Crippen molar-refractivity contribution in [3.05, 3.63) is 52.5 Å². The summed E-state index contributed by atoms with van der Waals surface area (Å²) in [6.45, 7) is 4.63. The number of fused-ring (bicyclic) bond motifs is 1. The molecule has 1 fully saturated rings. The van der Waals surface area contributed by atoms with Gasteiger partial charge in [0.05, 0.1) is 17.1 Å². The van der Waals surface area contributed by atoms with Gasteiger partial charge in [0.2, 0.25) is 0 Å². The van der Waals surface area contributed by atoms with Crippen LogP contribution in [0.15, 0.2) is 36.4 Å². The molecule has 0 spiro atoms. The topological polar surface area (TPSA) is 59.0 Å². The molecule has 1 amide bonds. The molecular formula is C19H22N4OS. The van der Waals surface area contributed by atoms with Crippen LogP contribution in [0.25, 0.3) is 10.2 Å². The third kappa shape index (κ3) is 3.45. The van der Waals surface area contributed by atoms with Gasteiger partial charge in [-0.1, -0.05) is 30.3 Å². The highest BCUT2D eigenvalue weighted by atomic mass is 32.1. The van der Waals surface area contributed by atoms with Gasteiger partial charge >= 0.3 is 0 Å². The molecule has 1 atom stereocenters. The first-order chi connectivity index (χ1) is 12.2. The molecule has 0 aliphatic carbocycles. The van der Waals surface area contributed by atoms with Gasteiger partial charge in [0, 0.05) is 18.0 Å². The van der Waals surface area contributed by atoms with Gasteiger partial charge in [-0.15, -0.1) is 11.3 Å². The van der Waals surface area contributed by atoms with Crippen LogP contribution in [0.3, 0.4) is 0 Å². The lowest BCUT2D eigenvalue weighted by atomic mass is 10.1.